The van der Waals surface area contributed by atoms with Crippen LogP contribution in [0.25, 0.3) is 17.6 Å². The van der Waals surface area contributed by atoms with Gasteiger partial charge in [0, 0.05) is 22.9 Å². The van der Waals surface area contributed by atoms with Crippen molar-refractivity contribution < 1.29 is 19.1 Å². The van der Waals surface area contributed by atoms with Crippen molar-refractivity contribution in [3.63, 3.8) is 0 Å². The van der Waals surface area contributed by atoms with Crippen molar-refractivity contribution in [1.82, 2.24) is 19.7 Å². The first-order valence-electron chi connectivity index (χ1n) is 8.73. The van der Waals surface area contributed by atoms with Crippen molar-refractivity contribution in [2.45, 2.75) is 32.5 Å². The smallest absolute Gasteiger partial charge is 0.410 e. The van der Waals surface area contributed by atoms with Gasteiger partial charge in [0.2, 0.25) is 0 Å². The number of halogens is 1. The van der Waals surface area contributed by atoms with Gasteiger partial charge in [0.15, 0.2) is 5.82 Å². The molecular formula is C19H21ClN4O4. The van der Waals surface area contributed by atoms with Gasteiger partial charge in [-0.3, -0.25) is 0 Å². The van der Waals surface area contributed by atoms with Crippen LogP contribution in [-0.4, -0.2) is 56.5 Å². The molecule has 8 nitrogen and oxygen atoms in total. The highest BCUT2D eigenvalue weighted by Gasteiger charge is 2.35. The highest BCUT2D eigenvalue weighted by molar-refractivity contribution is 6.30. The van der Waals surface area contributed by atoms with Crippen LogP contribution in [0.3, 0.4) is 0 Å². The molecule has 1 saturated heterocycles. The number of benzene rings is 1. The monoisotopic (exact) mass is 404 g/mol. The number of ether oxygens (including phenoxy) is 2. The molecule has 0 unspecified atom stereocenters. The second-order valence-electron chi connectivity index (χ2n) is 7.32. The van der Waals surface area contributed by atoms with Crippen molar-refractivity contribution in [2.24, 2.45) is 0 Å². The molecule has 1 aromatic heterocycles. The minimum Gasteiger partial charge on any atom is -0.455 e. The van der Waals surface area contributed by atoms with Crippen molar-refractivity contribution in [2.75, 3.05) is 13.1 Å². The van der Waals surface area contributed by atoms with Gasteiger partial charge in [-0.25, -0.2) is 19.3 Å². The summed E-state index contributed by atoms with van der Waals surface area (Å²) in [6.07, 6.45) is 3.43. The average Bonchev–Trinajstić information content (AvgIpc) is 3.03. The van der Waals surface area contributed by atoms with E-state index in [1.54, 1.807) is 32.9 Å². The highest BCUT2D eigenvalue weighted by Crippen LogP contribution is 2.19. The molecule has 1 aliphatic rings. The molecule has 2 aromatic rings. The van der Waals surface area contributed by atoms with E-state index in [9.17, 15) is 9.59 Å². The van der Waals surface area contributed by atoms with Crippen LogP contribution >= 0.6 is 11.6 Å². The quantitative estimate of drug-likeness (QED) is 0.574. The lowest BCUT2D eigenvalue weighted by Gasteiger charge is -2.38. The summed E-state index contributed by atoms with van der Waals surface area (Å²) in [6, 6.07) is 7.18. The molecule has 0 spiro atoms. The Labute approximate surface area is 167 Å². The van der Waals surface area contributed by atoms with Gasteiger partial charge in [-0.05, 0) is 32.9 Å². The molecule has 148 valence electrons. The molecule has 0 N–H and O–H groups in total. The van der Waals surface area contributed by atoms with E-state index in [0.717, 1.165) is 5.56 Å². The molecule has 0 radical (unpaired) electrons. The molecule has 9 heteroatoms. The van der Waals surface area contributed by atoms with Crippen LogP contribution in [0.4, 0.5) is 4.79 Å². The van der Waals surface area contributed by atoms with Crippen LogP contribution in [0.1, 0.15) is 20.8 Å². The van der Waals surface area contributed by atoms with Crippen molar-refractivity contribution in [3.8, 4) is 11.4 Å². The third-order valence-electron chi connectivity index (χ3n) is 3.74. The van der Waals surface area contributed by atoms with Crippen molar-refractivity contribution >= 4 is 29.9 Å². The number of hydrogen-bond acceptors (Lipinski definition) is 6. The Balaban J connectivity index is 1.47. The first kappa shape index (κ1) is 19.9. The molecule has 2 heterocycles. The summed E-state index contributed by atoms with van der Waals surface area (Å²) >= 11 is 5.96. The number of likely N-dealkylation sites (tertiary alicyclic amines) is 1. The first-order valence-corrected chi connectivity index (χ1v) is 9.11. The van der Waals surface area contributed by atoms with Crippen LogP contribution in [-0.2, 0) is 14.3 Å². The molecule has 28 heavy (non-hydrogen) atoms. The Hall–Kier alpha value is -2.87. The Morgan fingerprint density at radius 1 is 1.29 bits per heavy atom. The Morgan fingerprint density at radius 3 is 2.71 bits per heavy atom. The zero-order chi connectivity index (χ0) is 20.3. The Bertz CT molecular complexity index is 897. The normalized spacial score (nSPS) is 14.8. The minimum absolute atomic E-state index is 0.316. The fraction of sp³-hybridized carbons (Fsp3) is 0.368. The van der Waals surface area contributed by atoms with Crippen LogP contribution in [0.15, 0.2) is 36.7 Å². The molecule has 0 saturated carbocycles. The largest absolute Gasteiger partial charge is 0.455 e. The van der Waals surface area contributed by atoms with E-state index in [0.29, 0.717) is 23.9 Å². The topological polar surface area (TPSA) is 86.5 Å². The van der Waals surface area contributed by atoms with E-state index in [2.05, 4.69) is 10.1 Å². The SMILES string of the molecule is CC(C)(C)OC(=O)N1CC(OC(=O)C=Cn2cnc(-c3cccc(Cl)c3)n2)C1. The Kier molecular flexibility index (Phi) is 5.69. The summed E-state index contributed by atoms with van der Waals surface area (Å²) in [5, 5.41) is 4.85. The van der Waals surface area contributed by atoms with Crippen LogP contribution in [0, 0.1) is 0 Å². The summed E-state index contributed by atoms with van der Waals surface area (Å²) in [5.74, 6) is -0.0267. The number of aromatic nitrogens is 3. The van der Waals surface area contributed by atoms with E-state index in [-0.39, 0.29) is 6.10 Å². The molecule has 3 rings (SSSR count). The number of esters is 1. The molecule has 1 amide bonds. The second-order valence-corrected chi connectivity index (χ2v) is 7.75. The van der Waals surface area contributed by atoms with Gasteiger partial charge >= 0.3 is 12.1 Å². The number of carbonyl (C=O) groups excluding carboxylic acids is 2. The lowest BCUT2D eigenvalue weighted by molar-refractivity contribution is -0.150. The van der Waals surface area contributed by atoms with Crippen LogP contribution in [0.5, 0.6) is 0 Å². The first-order chi connectivity index (χ1) is 13.2. The van der Waals surface area contributed by atoms with E-state index in [1.165, 1.54) is 28.2 Å². The molecular weight excluding hydrogens is 384 g/mol. The predicted octanol–water partition coefficient (Wildman–Crippen LogP) is 3.23. The summed E-state index contributed by atoms with van der Waals surface area (Å²) < 4.78 is 11.9. The number of rotatable bonds is 4. The molecule has 1 aromatic carbocycles. The fourth-order valence-corrected chi connectivity index (χ4v) is 2.63. The van der Waals surface area contributed by atoms with Crippen molar-refractivity contribution in [1.29, 1.82) is 0 Å². The number of carbonyl (C=O) groups is 2. The number of hydrogen-bond donors (Lipinski definition) is 0. The molecule has 1 aliphatic heterocycles. The highest BCUT2D eigenvalue weighted by atomic mass is 35.5. The maximum atomic E-state index is 11.9. The van der Waals surface area contributed by atoms with Gasteiger partial charge in [0.25, 0.3) is 0 Å². The summed E-state index contributed by atoms with van der Waals surface area (Å²) in [4.78, 5) is 29.4. The fourth-order valence-electron chi connectivity index (χ4n) is 2.44. The molecule has 0 bridgehead atoms. The summed E-state index contributed by atoms with van der Waals surface area (Å²) in [7, 11) is 0. The lowest BCUT2D eigenvalue weighted by Crippen LogP contribution is -2.56. The van der Waals surface area contributed by atoms with Gasteiger partial charge in [-0.2, -0.15) is 0 Å². The van der Waals surface area contributed by atoms with Crippen molar-refractivity contribution in [3.05, 3.63) is 41.7 Å². The van der Waals surface area contributed by atoms with E-state index >= 15 is 0 Å². The standard InChI is InChI=1S/C19H21ClN4O4/c1-19(2,3)28-18(26)23-10-15(11-23)27-16(25)7-8-24-12-21-17(22-24)13-5-4-6-14(20)9-13/h4-9,12,15H,10-11H2,1-3H3. The minimum atomic E-state index is -0.552. The maximum absolute atomic E-state index is 11.9. The number of nitrogens with zero attached hydrogens (tertiary/aromatic N) is 4. The number of amides is 1. The maximum Gasteiger partial charge on any atom is 0.410 e. The zero-order valence-corrected chi connectivity index (χ0v) is 16.6. The van der Waals surface area contributed by atoms with Crippen LogP contribution in [0.2, 0.25) is 5.02 Å². The molecule has 0 atom stereocenters. The summed E-state index contributed by atoms with van der Waals surface area (Å²) in [5.41, 5.74) is 0.225. The van der Waals surface area contributed by atoms with E-state index < -0.39 is 17.7 Å². The van der Waals surface area contributed by atoms with Gasteiger partial charge < -0.3 is 14.4 Å². The Morgan fingerprint density at radius 2 is 2.04 bits per heavy atom. The predicted molar refractivity (Wildman–Crippen MR) is 103 cm³/mol. The average molecular weight is 405 g/mol. The molecule has 0 aliphatic carbocycles. The van der Waals surface area contributed by atoms with Gasteiger partial charge in [-0.15, -0.1) is 5.10 Å². The lowest BCUT2D eigenvalue weighted by atomic mass is 10.2. The third kappa shape index (κ3) is 5.32. The summed E-state index contributed by atoms with van der Waals surface area (Å²) in [6.45, 7) is 6.03. The zero-order valence-electron chi connectivity index (χ0n) is 15.8. The van der Waals surface area contributed by atoms with Gasteiger partial charge in [0.1, 0.15) is 18.0 Å². The van der Waals surface area contributed by atoms with E-state index in [1.807, 2.05) is 12.1 Å². The van der Waals surface area contributed by atoms with Crippen LogP contribution < -0.4 is 0 Å². The van der Waals surface area contributed by atoms with E-state index in [4.69, 9.17) is 21.1 Å². The molecule has 1 fully saturated rings. The van der Waals surface area contributed by atoms with Gasteiger partial charge in [-0.1, -0.05) is 23.7 Å². The second kappa shape index (κ2) is 8.02. The van der Waals surface area contributed by atoms with Gasteiger partial charge in [0.05, 0.1) is 13.1 Å². The third-order valence-corrected chi connectivity index (χ3v) is 3.97.